The lowest BCUT2D eigenvalue weighted by Crippen LogP contribution is -2.45. The van der Waals surface area contributed by atoms with Crippen LogP contribution in [0.1, 0.15) is 23.2 Å². The van der Waals surface area contributed by atoms with E-state index in [1.165, 1.54) is 0 Å². The van der Waals surface area contributed by atoms with Crippen molar-refractivity contribution in [2.24, 2.45) is 0 Å². The van der Waals surface area contributed by atoms with Crippen LogP contribution in [0.3, 0.4) is 0 Å². The summed E-state index contributed by atoms with van der Waals surface area (Å²) in [5.41, 5.74) is 1.69. The average Bonchev–Trinajstić information content (AvgIpc) is 3.42. The molecular weight excluding hydrogens is 370 g/mol. The van der Waals surface area contributed by atoms with Crippen LogP contribution in [0.4, 0.5) is 5.88 Å². The Balaban J connectivity index is 1.40. The summed E-state index contributed by atoms with van der Waals surface area (Å²) >= 11 is 0. The largest absolute Gasteiger partial charge is 0.437 e. The van der Waals surface area contributed by atoms with Crippen molar-refractivity contribution >= 4 is 23.0 Å². The molecule has 5 rings (SSSR count). The third kappa shape index (κ3) is 3.70. The molecule has 2 aliphatic rings. The molecule has 2 saturated heterocycles. The number of hydrogen-bond donors (Lipinski definition) is 4. The Kier molecular flexibility index (Phi) is 4.91. The number of carbonyl (C=O) groups is 1. The lowest BCUT2D eigenvalue weighted by molar-refractivity contribution is 0.0932. The number of pyridine rings is 1. The van der Waals surface area contributed by atoms with Crippen molar-refractivity contribution in [2.45, 2.75) is 18.9 Å². The number of H-pyrrole nitrogens is 1. The molecule has 1 amide bonds. The van der Waals surface area contributed by atoms with Gasteiger partial charge in [-0.15, -0.1) is 0 Å². The van der Waals surface area contributed by atoms with Gasteiger partial charge in [-0.1, -0.05) is 0 Å². The smallest absolute Gasteiger partial charge is 0.253 e. The third-order valence-corrected chi connectivity index (χ3v) is 5.52. The zero-order valence-electron chi connectivity index (χ0n) is 16.2. The van der Waals surface area contributed by atoms with Gasteiger partial charge in [-0.05, 0) is 31.5 Å². The molecule has 0 aromatic carbocycles. The van der Waals surface area contributed by atoms with Crippen molar-refractivity contribution in [1.82, 2.24) is 30.9 Å². The van der Waals surface area contributed by atoms with Crippen molar-refractivity contribution < 1.29 is 9.21 Å². The van der Waals surface area contributed by atoms with Crippen LogP contribution >= 0.6 is 0 Å². The van der Waals surface area contributed by atoms with Gasteiger partial charge < -0.3 is 30.3 Å². The molecule has 9 nitrogen and oxygen atoms in total. The molecule has 2 aliphatic heterocycles. The highest BCUT2D eigenvalue weighted by molar-refractivity contribution is 6.04. The van der Waals surface area contributed by atoms with Crippen LogP contribution in [-0.2, 0) is 0 Å². The maximum Gasteiger partial charge on any atom is 0.253 e. The summed E-state index contributed by atoms with van der Waals surface area (Å²) < 4.78 is 6.03. The van der Waals surface area contributed by atoms with Crippen LogP contribution in [0.5, 0.6) is 0 Å². The Morgan fingerprint density at radius 2 is 2.07 bits per heavy atom. The molecule has 0 radical (unpaired) electrons. The van der Waals surface area contributed by atoms with Crippen molar-refractivity contribution in [3.05, 3.63) is 30.0 Å². The molecule has 5 heterocycles. The molecule has 1 atom stereocenters. The molecule has 3 aromatic heterocycles. The number of amides is 1. The minimum absolute atomic E-state index is 0.109. The number of nitrogens with one attached hydrogen (secondary N) is 4. The third-order valence-electron chi connectivity index (χ3n) is 5.52. The van der Waals surface area contributed by atoms with Crippen LogP contribution in [0.15, 0.2) is 28.8 Å². The summed E-state index contributed by atoms with van der Waals surface area (Å²) in [5.74, 6) is 1.94. The van der Waals surface area contributed by atoms with E-state index >= 15 is 0 Å². The Bertz CT molecular complexity index is 999. The second-order valence-corrected chi connectivity index (χ2v) is 7.53. The minimum atomic E-state index is -0.109. The number of nitrogens with zero attached hydrogens (tertiary/aromatic N) is 3. The molecule has 0 spiro atoms. The summed E-state index contributed by atoms with van der Waals surface area (Å²) in [6.45, 7) is 5.52. The molecule has 9 heteroatoms. The molecule has 0 unspecified atom stereocenters. The number of furan rings is 1. The van der Waals surface area contributed by atoms with E-state index in [4.69, 9.17) is 4.42 Å². The lowest BCUT2D eigenvalue weighted by Gasteiger charge is -2.26. The van der Waals surface area contributed by atoms with Crippen molar-refractivity contribution in [1.29, 1.82) is 0 Å². The summed E-state index contributed by atoms with van der Waals surface area (Å²) in [7, 11) is 0. The summed E-state index contributed by atoms with van der Waals surface area (Å²) in [5, 5.41) is 9.76. The summed E-state index contributed by atoms with van der Waals surface area (Å²) in [6, 6.07) is 5.74. The fourth-order valence-electron chi connectivity index (χ4n) is 3.97. The molecular formula is C20H25N7O2. The Morgan fingerprint density at radius 1 is 1.17 bits per heavy atom. The SMILES string of the molecule is O=C(N[C@@H]1CCCNC1)c1ccnc2nc(-c3ccc(N4CCNCC4)o3)[nH]c12. The second-order valence-electron chi connectivity index (χ2n) is 7.53. The number of hydrogen-bond acceptors (Lipinski definition) is 7. The van der Waals surface area contributed by atoms with Gasteiger partial charge >= 0.3 is 0 Å². The van der Waals surface area contributed by atoms with Gasteiger partial charge in [0.25, 0.3) is 5.91 Å². The van der Waals surface area contributed by atoms with E-state index in [-0.39, 0.29) is 11.9 Å². The number of aromatic nitrogens is 3. The van der Waals surface area contributed by atoms with E-state index in [2.05, 4.69) is 35.8 Å². The number of imidazole rings is 1. The zero-order valence-corrected chi connectivity index (χ0v) is 16.2. The van der Waals surface area contributed by atoms with E-state index in [1.807, 2.05) is 12.1 Å². The predicted molar refractivity (Wildman–Crippen MR) is 110 cm³/mol. The number of anilines is 1. The van der Waals surface area contributed by atoms with Crippen molar-refractivity contribution in [3.8, 4) is 11.6 Å². The average molecular weight is 395 g/mol. The van der Waals surface area contributed by atoms with E-state index in [0.29, 0.717) is 28.3 Å². The molecule has 152 valence electrons. The van der Waals surface area contributed by atoms with Crippen LogP contribution < -0.4 is 20.9 Å². The highest BCUT2D eigenvalue weighted by Gasteiger charge is 2.21. The number of carbonyl (C=O) groups excluding carboxylic acids is 1. The van der Waals surface area contributed by atoms with Gasteiger partial charge in [0, 0.05) is 51.0 Å². The number of rotatable bonds is 4. The Labute approximate surface area is 168 Å². The highest BCUT2D eigenvalue weighted by atomic mass is 16.4. The molecule has 0 saturated carbocycles. The fraction of sp³-hybridized carbons (Fsp3) is 0.450. The molecule has 3 aromatic rings. The number of fused-ring (bicyclic) bond motifs is 1. The molecule has 2 fully saturated rings. The number of piperazine rings is 1. The van der Waals surface area contributed by atoms with E-state index in [1.54, 1.807) is 12.3 Å². The topological polar surface area (TPSA) is 111 Å². The quantitative estimate of drug-likeness (QED) is 0.524. The summed E-state index contributed by atoms with van der Waals surface area (Å²) in [6.07, 6.45) is 3.68. The van der Waals surface area contributed by atoms with Gasteiger partial charge in [0.1, 0.15) is 0 Å². The monoisotopic (exact) mass is 395 g/mol. The van der Waals surface area contributed by atoms with Crippen LogP contribution in [0, 0.1) is 0 Å². The second kappa shape index (κ2) is 7.84. The normalized spacial score (nSPS) is 20.1. The molecule has 0 bridgehead atoms. The maximum absolute atomic E-state index is 12.8. The van der Waals surface area contributed by atoms with Gasteiger partial charge in [0.05, 0.1) is 11.1 Å². The fourth-order valence-corrected chi connectivity index (χ4v) is 3.97. The van der Waals surface area contributed by atoms with Crippen molar-refractivity contribution in [2.75, 3.05) is 44.2 Å². The van der Waals surface area contributed by atoms with Crippen LogP contribution in [0.25, 0.3) is 22.7 Å². The summed E-state index contributed by atoms with van der Waals surface area (Å²) in [4.78, 5) is 27.1. The van der Waals surface area contributed by atoms with Gasteiger partial charge in [-0.2, -0.15) is 0 Å². The maximum atomic E-state index is 12.8. The first-order chi connectivity index (χ1) is 14.3. The number of piperidine rings is 1. The molecule has 29 heavy (non-hydrogen) atoms. The minimum Gasteiger partial charge on any atom is -0.437 e. The predicted octanol–water partition coefficient (Wildman–Crippen LogP) is 1.11. The lowest BCUT2D eigenvalue weighted by atomic mass is 10.1. The first-order valence-corrected chi connectivity index (χ1v) is 10.2. The van der Waals surface area contributed by atoms with Gasteiger partial charge in [0.2, 0.25) is 0 Å². The van der Waals surface area contributed by atoms with E-state index < -0.39 is 0 Å². The van der Waals surface area contributed by atoms with Gasteiger partial charge in [0.15, 0.2) is 23.1 Å². The standard InChI is InChI=1S/C20H25N7O2/c28-20(24-13-2-1-6-22-12-13)14-5-7-23-19-17(14)25-18(26-19)15-3-4-16(29-15)27-10-8-21-9-11-27/h3-5,7,13,21-22H,1-2,6,8-12H2,(H,24,28)(H,23,25,26)/t13-/m1/s1. The van der Waals surface area contributed by atoms with Gasteiger partial charge in [-0.3, -0.25) is 4.79 Å². The molecule has 0 aliphatic carbocycles. The molecule has 4 N–H and O–H groups in total. The number of aromatic amines is 1. The van der Waals surface area contributed by atoms with Gasteiger partial charge in [-0.25, -0.2) is 9.97 Å². The first kappa shape index (κ1) is 18.1. The van der Waals surface area contributed by atoms with Crippen LogP contribution in [-0.4, -0.2) is 66.2 Å². The highest BCUT2D eigenvalue weighted by Crippen LogP contribution is 2.27. The van der Waals surface area contributed by atoms with Crippen LogP contribution in [0.2, 0.25) is 0 Å². The van der Waals surface area contributed by atoms with Crippen molar-refractivity contribution in [3.63, 3.8) is 0 Å². The first-order valence-electron chi connectivity index (χ1n) is 10.2. The Morgan fingerprint density at radius 3 is 2.90 bits per heavy atom. The zero-order chi connectivity index (χ0) is 19.6. The Hall–Kier alpha value is -2.91. The van der Waals surface area contributed by atoms with E-state index in [0.717, 1.165) is 58.0 Å². The van der Waals surface area contributed by atoms with E-state index in [9.17, 15) is 4.79 Å².